The van der Waals surface area contributed by atoms with Crippen LogP contribution >= 0.6 is 0 Å². The number of nitrogens with one attached hydrogen (secondary N) is 1. The molecule has 0 unspecified atom stereocenters. The molecule has 1 aromatic carbocycles. The second-order valence-electron chi connectivity index (χ2n) is 7.05. The fourth-order valence-corrected chi connectivity index (χ4v) is 3.39. The van der Waals surface area contributed by atoms with E-state index >= 15 is 0 Å². The second-order valence-corrected chi connectivity index (χ2v) is 7.05. The number of benzene rings is 1. The second kappa shape index (κ2) is 8.11. The lowest BCUT2D eigenvalue weighted by Gasteiger charge is -2.14. The first-order chi connectivity index (χ1) is 16.0. The minimum absolute atomic E-state index is 0.136. The third-order valence-corrected chi connectivity index (χ3v) is 5.05. The van der Waals surface area contributed by atoms with Crippen molar-refractivity contribution in [2.75, 3.05) is 5.32 Å². The molecule has 0 saturated heterocycles. The minimum Gasteiger partial charge on any atom is -0.315 e. The Balaban J connectivity index is 1.75. The van der Waals surface area contributed by atoms with Crippen LogP contribution in [0.25, 0.3) is 16.9 Å². The zero-order valence-corrected chi connectivity index (χ0v) is 17.3. The van der Waals surface area contributed by atoms with Crippen LogP contribution in [-0.4, -0.2) is 30.3 Å². The molecule has 0 spiro atoms. The van der Waals surface area contributed by atoms with E-state index in [1.54, 1.807) is 29.2 Å². The van der Waals surface area contributed by atoms with Crippen LogP contribution in [0.1, 0.15) is 28.7 Å². The molecule has 0 bridgehead atoms. The van der Waals surface area contributed by atoms with Gasteiger partial charge < -0.3 is 5.32 Å². The number of rotatable bonds is 4. The van der Waals surface area contributed by atoms with Gasteiger partial charge in [-0.2, -0.15) is 23.4 Å². The molecule has 3 heterocycles. The Hall–Kier alpha value is -3.97. The number of amides is 1. The van der Waals surface area contributed by atoms with Crippen LogP contribution in [0.2, 0.25) is 0 Å². The predicted molar refractivity (Wildman–Crippen MR) is 104 cm³/mol. The number of aryl methyl sites for hydroxylation is 1. The van der Waals surface area contributed by atoms with Gasteiger partial charge in [0.1, 0.15) is 11.3 Å². The van der Waals surface area contributed by atoms with Gasteiger partial charge >= 0.3 is 6.18 Å². The van der Waals surface area contributed by atoms with Crippen LogP contribution in [-0.2, 0) is 12.7 Å². The third-order valence-electron chi connectivity index (χ3n) is 5.05. The first-order valence-corrected chi connectivity index (χ1v) is 9.57. The molecule has 1 amide bonds. The molecule has 4 rings (SSSR count). The molecule has 0 aliphatic heterocycles. The van der Waals surface area contributed by atoms with E-state index in [2.05, 4.69) is 15.2 Å². The van der Waals surface area contributed by atoms with E-state index in [0.717, 1.165) is 11.8 Å². The largest absolute Gasteiger partial charge is 0.422 e. The summed E-state index contributed by atoms with van der Waals surface area (Å²) in [6.45, 7) is 4.27. The van der Waals surface area contributed by atoms with Gasteiger partial charge in [-0.15, -0.1) is 0 Å². The summed E-state index contributed by atoms with van der Waals surface area (Å²) in [7, 11) is 0. The lowest BCUT2D eigenvalue weighted by Crippen LogP contribution is -2.20. The van der Waals surface area contributed by atoms with Gasteiger partial charge in [-0.3, -0.25) is 9.48 Å². The highest BCUT2D eigenvalue weighted by atomic mass is 19.4. The van der Waals surface area contributed by atoms with Gasteiger partial charge in [0.15, 0.2) is 34.6 Å². The summed E-state index contributed by atoms with van der Waals surface area (Å²) in [4.78, 5) is 16.6. The van der Waals surface area contributed by atoms with Crippen LogP contribution in [0.4, 0.5) is 36.4 Å². The minimum atomic E-state index is -5.70. The first-order valence-electron chi connectivity index (χ1n) is 9.57. The molecule has 34 heavy (non-hydrogen) atoms. The average molecular weight is 486 g/mol. The van der Waals surface area contributed by atoms with E-state index in [4.69, 9.17) is 0 Å². The van der Waals surface area contributed by atoms with Crippen LogP contribution in [0, 0.1) is 30.2 Å². The number of halogens is 7. The van der Waals surface area contributed by atoms with Crippen molar-refractivity contribution in [1.82, 2.24) is 24.4 Å². The van der Waals surface area contributed by atoms with Crippen molar-refractivity contribution in [1.29, 1.82) is 0 Å². The average Bonchev–Trinajstić information content (AvgIpc) is 3.37. The van der Waals surface area contributed by atoms with Crippen LogP contribution < -0.4 is 5.32 Å². The Morgan fingerprint density at radius 3 is 2.29 bits per heavy atom. The standard InChI is InChI=1S/C20H13F7N6O/c1-3-32-8(2)9(7-29-32)11-4-5-28-12-6-10(31-33(11)12)19(34)30-18-16(23)14(21)13(20(25,26)27)15(22)17(18)24/h4-7H,3H2,1-2H3,(H,30,34). The maximum absolute atomic E-state index is 14.1. The molecule has 1 N–H and O–H groups in total. The molecule has 0 aliphatic carbocycles. The van der Waals surface area contributed by atoms with Gasteiger partial charge in [0.25, 0.3) is 5.91 Å². The zero-order valence-electron chi connectivity index (χ0n) is 17.3. The predicted octanol–water partition coefficient (Wildman–Crippen LogP) is 4.75. The molecule has 4 aromatic rings. The molecular formula is C20H13F7N6O. The first kappa shape index (κ1) is 23.2. The molecule has 0 fully saturated rings. The van der Waals surface area contributed by atoms with E-state index in [1.165, 1.54) is 10.7 Å². The van der Waals surface area contributed by atoms with E-state index in [0.29, 0.717) is 17.8 Å². The fraction of sp³-hybridized carbons (Fsp3) is 0.200. The molecule has 0 saturated carbocycles. The molecule has 7 nitrogen and oxygen atoms in total. The number of aromatic nitrogens is 5. The molecule has 0 radical (unpaired) electrons. The van der Waals surface area contributed by atoms with Gasteiger partial charge in [-0.1, -0.05) is 0 Å². The number of alkyl halides is 3. The summed E-state index contributed by atoms with van der Waals surface area (Å²) in [5.74, 6) is -11.5. The van der Waals surface area contributed by atoms with Crippen molar-refractivity contribution in [3.05, 3.63) is 64.7 Å². The van der Waals surface area contributed by atoms with Crippen LogP contribution in [0.5, 0.6) is 0 Å². The normalized spacial score (nSPS) is 11.9. The molecule has 14 heteroatoms. The Morgan fingerprint density at radius 2 is 1.74 bits per heavy atom. The lowest BCUT2D eigenvalue weighted by molar-refractivity contribution is -0.143. The van der Waals surface area contributed by atoms with Gasteiger partial charge in [0, 0.05) is 30.1 Å². The maximum Gasteiger partial charge on any atom is 0.422 e. The summed E-state index contributed by atoms with van der Waals surface area (Å²) in [6.07, 6.45) is -2.73. The summed E-state index contributed by atoms with van der Waals surface area (Å²) in [5.41, 5.74) is -2.92. The van der Waals surface area contributed by atoms with Crippen molar-refractivity contribution in [3.8, 4) is 11.3 Å². The fourth-order valence-electron chi connectivity index (χ4n) is 3.39. The van der Waals surface area contributed by atoms with Gasteiger partial charge in [0.05, 0.1) is 11.9 Å². The highest BCUT2D eigenvalue weighted by Crippen LogP contribution is 2.38. The number of hydrogen-bond donors (Lipinski definition) is 1. The number of fused-ring (bicyclic) bond motifs is 1. The molecule has 0 aliphatic rings. The van der Waals surface area contributed by atoms with Gasteiger partial charge in [0.2, 0.25) is 0 Å². The smallest absolute Gasteiger partial charge is 0.315 e. The van der Waals surface area contributed by atoms with Crippen molar-refractivity contribution >= 4 is 17.2 Å². The van der Waals surface area contributed by atoms with E-state index in [1.807, 2.05) is 6.92 Å². The number of carbonyl (C=O) groups is 1. The summed E-state index contributed by atoms with van der Waals surface area (Å²) in [6, 6.07) is 2.69. The van der Waals surface area contributed by atoms with E-state index in [9.17, 15) is 35.5 Å². The highest BCUT2D eigenvalue weighted by molar-refractivity contribution is 6.03. The molecule has 0 atom stereocenters. The Labute approximate surface area is 185 Å². The maximum atomic E-state index is 14.1. The number of nitrogens with zero attached hydrogens (tertiary/aromatic N) is 5. The highest BCUT2D eigenvalue weighted by Gasteiger charge is 2.42. The molecule has 178 valence electrons. The van der Waals surface area contributed by atoms with E-state index in [-0.39, 0.29) is 5.65 Å². The van der Waals surface area contributed by atoms with Crippen molar-refractivity contribution in [3.63, 3.8) is 0 Å². The van der Waals surface area contributed by atoms with Gasteiger partial charge in [-0.25, -0.2) is 27.1 Å². The molecular weight excluding hydrogens is 473 g/mol. The summed E-state index contributed by atoms with van der Waals surface area (Å²) >= 11 is 0. The lowest BCUT2D eigenvalue weighted by atomic mass is 10.1. The Morgan fingerprint density at radius 1 is 1.09 bits per heavy atom. The topological polar surface area (TPSA) is 77.1 Å². The van der Waals surface area contributed by atoms with Crippen molar-refractivity contribution < 1.29 is 35.5 Å². The quantitative estimate of drug-likeness (QED) is 0.334. The van der Waals surface area contributed by atoms with Crippen LogP contribution in [0.15, 0.2) is 24.5 Å². The van der Waals surface area contributed by atoms with Gasteiger partial charge in [-0.05, 0) is 19.9 Å². The van der Waals surface area contributed by atoms with E-state index < -0.39 is 52.3 Å². The number of hydrogen-bond acceptors (Lipinski definition) is 4. The Bertz CT molecular complexity index is 1410. The third kappa shape index (κ3) is 3.64. The van der Waals surface area contributed by atoms with Crippen LogP contribution in [0.3, 0.4) is 0 Å². The monoisotopic (exact) mass is 486 g/mol. The zero-order chi connectivity index (χ0) is 24.9. The molecule has 3 aromatic heterocycles. The van der Waals surface area contributed by atoms with Crippen molar-refractivity contribution in [2.45, 2.75) is 26.6 Å². The summed E-state index contributed by atoms with van der Waals surface area (Å²) < 4.78 is 97.1. The number of anilines is 1. The summed E-state index contributed by atoms with van der Waals surface area (Å²) in [5, 5.41) is 9.78. The van der Waals surface area contributed by atoms with Crippen molar-refractivity contribution in [2.24, 2.45) is 0 Å². The Kier molecular flexibility index (Phi) is 5.53. The number of carbonyl (C=O) groups excluding carboxylic acids is 1. The SMILES string of the molecule is CCn1ncc(-c2ccnc3cc(C(=O)Nc4c(F)c(F)c(C(F)(F)F)c(F)c4F)nn23)c1C.